The van der Waals surface area contributed by atoms with Crippen LogP contribution in [0.1, 0.15) is 46.5 Å². The summed E-state index contributed by atoms with van der Waals surface area (Å²) >= 11 is 0. The molecule has 1 saturated carbocycles. The minimum atomic E-state index is -1.03. The maximum atomic E-state index is 11.6. The Morgan fingerprint density at radius 3 is 2.59 bits per heavy atom. The average molecular weight is 311 g/mol. The minimum absolute atomic E-state index is 0.0359. The molecular formula is C16H25NO5. The van der Waals surface area contributed by atoms with Crippen LogP contribution in [-0.4, -0.2) is 45.9 Å². The van der Waals surface area contributed by atoms with Crippen LogP contribution < -0.4 is 5.32 Å². The molecule has 1 amide bonds. The van der Waals surface area contributed by atoms with Gasteiger partial charge in [-0.05, 0) is 31.8 Å². The zero-order valence-electron chi connectivity index (χ0n) is 13.3. The number of aliphatic carboxylic acids is 1. The molecule has 0 aliphatic heterocycles. The van der Waals surface area contributed by atoms with Gasteiger partial charge in [-0.25, -0.2) is 4.79 Å². The van der Waals surface area contributed by atoms with E-state index in [1.165, 1.54) is 6.92 Å². The van der Waals surface area contributed by atoms with E-state index in [1.54, 1.807) is 6.08 Å². The van der Waals surface area contributed by atoms with E-state index < -0.39 is 29.6 Å². The molecular weight excluding hydrogens is 286 g/mol. The molecule has 0 aromatic heterocycles. The van der Waals surface area contributed by atoms with Gasteiger partial charge in [0, 0.05) is 18.4 Å². The Balaban J connectivity index is 2.40. The standard InChI is InChI=1S/C16H25NO5/c1-4-10(5-2)22-13-8-12(15(20)21)11-6-7-16(13,14(11)19)17-9(3)18/h8,10-11,13-14,19H,4-7H2,1-3H3,(H,17,18)(H,20,21)/t11-,13-,14+,16+/m1/s1. The maximum absolute atomic E-state index is 11.6. The van der Waals surface area contributed by atoms with Crippen LogP contribution in [-0.2, 0) is 14.3 Å². The third-order valence-electron chi connectivity index (χ3n) is 4.92. The number of hydrogen-bond donors (Lipinski definition) is 3. The lowest BCUT2D eigenvalue weighted by atomic mass is 9.78. The summed E-state index contributed by atoms with van der Waals surface area (Å²) in [6, 6.07) is 0. The highest BCUT2D eigenvalue weighted by Crippen LogP contribution is 2.47. The van der Waals surface area contributed by atoms with Crippen LogP contribution in [0, 0.1) is 5.92 Å². The summed E-state index contributed by atoms with van der Waals surface area (Å²) in [7, 11) is 0. The fourth-order valence-electron chi connectivity index (χ4n) is 3.74. The van der Waals surface area contributed by atoms with E-state index in [0.29, 0.717) is 12.8 Å². The van der Waals surface area contributed by atoms with Crippen molar-refractivity contribution < 1.29 is 24.5 Å². The number of nitrogens with one attached hydrogen (secondary N) is 1. The van der Waals surface area contributed by atoms with Gasteiger partial charge in [-0.3, -0.25) is 4.79 Å². The smallest absolute Gasteiger partial charge is 0.331 e. The second-order valence-corrected chi connectivity index (χ2v) is 6.23. The third-order valence-corrected chi connectivity index (χ3v) is 4.92. The van der Waals surface area contributed by atoms with E-state index in [9.17, 15) is 19.8 Å². The summed E-state index contributed by atoms with van der Waals surface area (Å²) in [6.07, 6.45) is 2.61. The highest BCUT2D eigenvalue weighted by molar-refractivity contribution is 5.88. The van der Waals surface area contributed by atoms with Crippen molar-refractivity contribution >= 4 is 11.9 Å². The number of aliphatic hydroxyl groups excluding tert-OH is 1. The molecule has 0 aromatic rings. The van der Waals surface area contributed by atoms with Crippen molar-refractivity contribution in [1.82, 2.24) is 5.32 Å². The third kappa shape index (κ3) is 2.77. The molecule has 124 valence electrons. The minimum Gasteiger partial charge on any atom is -0.478 e. The first-order valence-electron chi connectivity index (χ1n) is 7.93. The van der Waals surface area contributed by atoms with E-state index in [1.807, 2.05) is 13.8 Å². The number of carbonyl (C=O) groups excluding carboxylic acids is 1. The van der Waals surface area contributed by atoms with Gasteiger partial charge in [0.15, 0.2) is 0 Å². The van der Waals surface area contributed by atoms with Crippen molar-refractivity contribution in [1.29, 1.82) is 0 Å². The van der Waals surface area contributed by atoms with Crippen molar-refractivity contribution in [3.63, 3.8) is 0 Å². The van der Waals surface area contributed by atoms with Crippen LogP contribution in [0.25, 0.3) is 0 Å². The molecule has 0 heterocycles. The van der Waals surface area contributed by atoms with Gasteiger partial charge in [0.2, 0.25) is 5.91 Å². The van der Waals surface area contributed by atoms with E-state index in [2.05, 4.69) is 5.32 Å². The van der Waals surface area contributed by atoms with Crippen LogP contribution in [0.4, 0.5) is 0 Å². The van der Waals surface area contributed by atoms with Gasteiger partial charge in [-0.1, -0.05) is 13.8 Å². The zero-order valence-corrected chi connectivity index (χ0v) is 13.3. The van der Waals surface area contributed by atoms with E-state index in [0.717, 1.165) is 12.8 Å². The Hall–Kier alpha value is -1.40. The van der Waals surface area contributed by atoms with Crippen LogP contribution >= 0.6 is 0 Å². The molecule has 0 aromatic carbocycles. The van der Waals surface area contributed by atoms with Crippen molar-refractivity contribution in [2.75, 3.05) is 0 Å². The number of fused-ring (bicyclic) bond motifs is 2. The second-order valence-electron chi connectivity index (χ2n) is 6.23. The summed E-state index contributed by atoms with van der Waals surface area (Å²) in [5, 5.41) is 22.9. The van der Waals surface area contributed by atoms with Gasteiger partial charge in [-0.2, -0.15) is 0 Å². The highest BCUT2D eigenvalue weighted by atomic mass is 16.5. The van der Waals surface area contributed by atoms with Crippen LogP contribution in [0.5, 0.6) is 0 Å². The molecule has 0 saturated heterocycles. The molecule has 6 nitrogen and oxygen atoms in total. The maximum Gasteiger partial charge on any atom is 0.331 e. The van der Waals surface area contributed by atoms with Gasteiger partial charge in [0.05, 0.1) is 17.7 Å². The average Bonchev–Trinajstić information content (AvgIpc) is 2.68. The summed E-state index contributed by atoms with van der Waals surface area (Å²) in [4.78, 5) is 23.1. The Labute approximate surface area is 130 Å². The van der Waals surface area contributed by atoms with Crippen LogP contribution in [0.3, 0.4) is 0 Å². The van der Waals surface area contributed by atoms with Gasteiger partial charge < -0.3 is 20.3 Å². The number of carboxylic acids is 1. The summed E-state index contributed by atoms with van der Waals surface area (Å²) in [5.74, 6) is -1.73. The lowest BCUT2D eigenvalue weighted by molar-refractivity contribution is -0.136. The van der Waals surface area contributed by atoms with E-state index >= 15 is 0 Å². The SMILES string of the molecule is CCC(CC)O[C@@H]1C=C(C(=O)O)[C@H]2CC[C@@]1(NC(C)=O)[C@H]2O. The van der Waals surface area contributed by atoms with Crippen molar-refractivity contribution in [2.45, 2.75) is 70.3 Å². The quantitative estimate of drug-likeness (QED) is 0.685. The lowest BCUT2D eigenvalue weighted by Gasteiger charge is -2.44. The van der Waals surface area contributed by atoms with Gasteiger partial charge in [-0.15, -0.1) is 0 Å². The Bertz CT molecular complexity index is 485. The van der Waals surface area contributed by atoms with Gasteiger partial charge in [0.1, 0.15) is 6.10 Å². The fraction of sp³-hybridized carbons (Fsp3) is 0.750. The van der Waals surface area contributed by atoms with Crippen molar-refractivity contribution in [2.24, 2.45) is 5.92 Å². The molecule has 4 atom stereocenters. The first kappa shape index (κ1) is 17.0. The molecule has 3 N–H and O–H groups in total. The number of ether oxygens (including phenoxy) is 1. The predicted molar refractivity (Wildman–Crippen MR) is 80.2 cm³/mol. The molecule has 6 heteroatoms. The van der Waals surface area contributed by atoms with E-state index in [4.69, 9.17) is 4.74 Å². The first-order chi connectivity index (χ1) is 10.4. The van der Waals surface area contributed by atoms with Gasteiger partial charge in [0.25, 0.3) is 0 Å². The number of carboxylic acid groups (broad SMARTS) is 1. The second kappa shape index (κ2) is 6.38. The Morgan fingerprint density at radius 2 is 2.09 bits per heavy atom. The molecule has 0 spiro atoms. The normalized spacial score (nSPS) is 33.7. The lowest BCUT2D eigenvalue weighted by Crippen LogP contribution is -2.64. The molecule has 22 heavy (non-hydrogen) atoms. The molecule has 2 aliphatic carbocycles. The van der Waals surface area contributed by atoms with Crippen molar-refractivity contribution in [3.8, 4) is 0 Å². The number of amides is 1. The van der Waals surface area contributed by atoms with E-state index in [-0.39, 0.29) is 17.6 Å². The fourth-order valence-corrected chi connectivity index (χ4v) is 3.74. The summed E-state index contributed by atoms with van der Waals surface area (Å²) in [6.45, 7) is 5.40. The number of carbonyl (C=O) groups is 2. The highest BCUT2D eigenvalue weighted by Gasteiger charge is 2.58. The molecule has 0 radical (unpaired) electrons. The van der Waals surface area contributed by atoms with Crippen LogP contribution in [0.15, 0.2) is 11.6 Å². The molecule has 0 unspecified atom stereocenters. The molecule has 2 bridgehead atoms. The molecule has 2 rings (SSSR count). The number of hydrogen-bond acceptors (Lipinski definition) is 4. The molecule has 2 aliphatic rings. The Morgan fingerprint density at radius 1 is 1.45 bits per heavy atom. The summed E-state index contributed by atoms with van der Waals surface area (Å²) < 4.78 is 6.06. The van der Waals surface area contributed by atoms with Crippen molar-refractivity contribution in [3.05, 3.63) is 11.6 Å². The topological polar surface area (TPSA) is 95.9 Å². The summed E-state index contributed by atoms with van der Waals surface area (Å²) in [5.41, 5.74) is -0.722. The predicted octanol–water partition coefficient (Wildman–Crippen LogP) is 1.23. The Kier molecular flexibility index (Phi) is 4.92. The number of aliphatic hydroxyl groups is 1. The first-order valence-corrected chi connectivity index (χ1v) is 7.93. The monoisotopic (exact) mass is 311 g/mol. The largest absolute Gasteiger partial charge is 0.478 e. The molecule has 1 fully saturated rings. The van der Waals surface area contributed by atoms with Gasteiger partial charge >= 0.3 is 5.97 Å². The number of rotatable bonds is 6. The van der Waals surface area contributed by atoms with Crippen LogP contribution in [0.2, 0.25) is 0 Å². The zero-order chi connectivity index (χ0) is 16.5.